The Hall–Kier alpha value is -0.0800. The Morgan fingerprint density at radius 3 is 2.77 bits per heavy atom. The fourth-order valence-electron chi connectivity index (χ4n) is 2.18. The molecule has 1 aliphatic rings. The molecule has 0 aromatic heterocycles. The first-order valence-electron chi connectivity index (χ1n) is 5.57. The van der Waals surface area contributed by atoms with Crippen LogP contribution in [0.3, 0.4) is 0 Å². The van der Waals surface area contributed by atoms with Gasteiger partial charge in [-0.25, -0.2) is 0 Å². The van der Waals surface area contributed by atoms with Crippen LogP contribution in [0.5, 0.6) is 0 Å². The lowest BCUT2D eigenvalue weighted by atomic mass is 9.97. The minimum absolute atomic E-state index is 0.148. The van der Waals surface area contributed by atoms with E-state index in [1.165, 1.54) is 19.4 Å². The van der Waals surface area contributed by atoms with Crippen LogP contribution in [0.2, 0.25) is 0 Å². The SMILES string of the molecule is CCC(O)C(C)N1CCCC(C)C1. The van der Waals surface area contributed by atoms with E-state index in [4.69, 9.17) is 0 Å². The average molecular weight is 185 g/mol. The van der Waals surface area contributed by atoms with Gasteiger partial charge in [0.2, 0.25) is 0 Å². The maximum Gasteiger partial charge on any atom is 0.0690 e. The Labute approximate surface area is 81.9 Å². The minimum Gasteiger partial charge on any atom is -0.392 e. The monoisotopic (exact) mass is 185 g/mol. The van der Waals surface area contributed by atoms with Crippen molar-refractivity contribution in [3.8, 4) is 0 Å². The van der Waals surface area contributed by atoms with Gasteiger partial charge in [-0.1, -0.05) is 13.8 Å². The summed E-state index contributed by atoms with van der Waals surface area (Å²) in [5.41, 5.74) is 0. The van der Waals surface area contributed by atoms with Crippen LogP contribution in [0.4, 0.5) is 0 Å². The normalized spacial score (nSPS) is 30.0. The van der Waals surface area contributed by atoms with Crippen LogP contribution >= 0.6 is 0 Å². The van der Waals surface area contributed by atoms with Crippen molar-refractivity contribution in [2.75, 3.05) is 13.1 Å². The fourth-order valence-corrected chi connectivity index (χ4v) is 2.18. The summed E-state index contributed by atoms with van der Waals surface area (Å²) in [4.78, 5) is 2.43. The molecule has 3 unspecified atom stereocenters. The van der Waals surface area contributed by atoms with Crippen molar-refractivity contribution in [1.29, 1.82) is 0 Å². The number of nitrogens with zero attached hydrogens (tertiary/aromatic N) is 1. The Morgan fingerprint density at radius 1 is 1.54 bits per heavy atom. The van der Waals surface area contributed by atoms with E-state index in [2.05, 4.69) is 25.7 Å². The molecule has 2 nitrogen and oxygen atoms in total. The highest BCUT2D eigenvalue weighted by Crippen LogP contribution is 2.19. The molecule has 1 aliphatic heterocycles. The van der Waals surface area contributed by atoms with E-state index in [0.29, 0.717) is 6.04 Å². The molecule has 2 heteroatoms. The average Bonchev–Trinajstić information content (AvgIpc) is 2.15. The molecule has 3 atom stereocenters. The van der Waals surface area contributed by atoms with Crippen molar-refractivity contribution < 1.29 is 5.11 Å². The van der Waals surface area contributed by atoms with Crippen molar-refractivity contribution in [3.63, 3.8) is 0 Å². The predicted octanol–water partition coefficient (Wildman–Crippen LogP) is 1.88. The number of aliphatic hydroxyl groups excluding tert-OH is 1. The summed E-state index contributed by atoms with van der Waals surface area (Å²) in [5.74, 6) is 0.806. The molecule has 0 spiro atoms. The second-order valence-electron chi connectivity index (χ2n) is 4.46. The van der Waals surface area contributed by atoms with Crippen molar-refractivity contribution in [2.24, 2.45) is 5.92 Å². The molecular weight excluding hydrogens is 162 g/mol. The van der Waals surface area contributed by atoms with E-state index >= 15 is 0 Å². The fraction of sp³-hybridized carbons (Fsp3) is 1.00. The van der Waals surface area contributed by atoms with E-state index in [-0.39, 0.29) is 6.10 Å². The van der Waals surface area contributed by atoms with Gasteiger partial charge >= 0.3 is 0 Å². The molecular formula is C11H23NO. The van der Waals surface area contributed by atoms with Crippen LogP contribution in [0.25, 0.3) is 0 Å². The van der Waals surface area contributed by atoms with Gasteiger partial charge in [-0.05, 0) is 38.6 Å². The van der Waals surface area contributed by atoms with Crippen LogP contribution in [-0.4, -0.2) is 35.2 Å². The molecule has 0 aromatic carbocycles. The molecule has 1 rings (SSSR count). The molecule has 0 amide bonds. The lowest BCUT2D eigenvalue weighted by Crippen LogP contribution is -2.46. The number of piperidine rings is 1. The summed E-state index contributed by atoms with van der Waals surface area (Å²) in [6, 6.07) is 0.341. The zero-order valence-corrected chi connectivity index (χ0v) is 9.16. The van der Waals surface area contributed by atoms with E-state index in [1.54, 1.807) is 0 Å². The van der Waals surface area contributed by atoms with Crippen molar-refractivity contribution in [3.05, 3.63) is 0 Å². The summed E-state index contributed by atoms with van der Waals surface area (Å²) < 4.78 is 0. The van der Waals surface area contributed by atoms with Gasteiger partial charge in [0.05, 0.1) is 6.10 Å². The highest BCUT2D eigenvalue weighted by molar-refractivity contribution is 4.78. The molecule has 78 valence electrons. The van der Waals surface area contributed by atoms with E-state index in [0.717, 1.165) is 18.9 Å². The Kier molecular flexibility index (Phi) is 4.20. The smallest absolute Gasteiger partial charge is 0.0690 e. The Balaban J connectivity index is 2.41. The number of aliphatic hydroxyl groups is 1. The first-order valence-corrected chi connectivity index (χ1v) is 5.57. The summed E-state index contributed by atoms with van der Waals surface area (Å²) in [7, 11) is 0. The largest absolute Gasteiger partial charge is 0.392 e. The summed E-state index contributed by atoms with van der Waals surface area (Å²) in [6.45, 7) is 8.83. The Morgan fingerprint density at radius 2 is 2.23 bits per heavy atom. The number of hydrogen-bond donors (Lipinski definition) is 1. The second-order valence-corrected chi connectivity index (χ2v) is 4.46. The van der Waals surface area contributed by atoms with Crippen molar-refractivity contribution >= 4 is 0 Å². The van der Waals surface area contributed by atoms with Crippen LogP contribution in [-0.2, 0) is 0 Å². The molecule has 1 N–H and O–H groups in total. The van der Waals surface area contributed by atoms with E-state index < -0.39 is 0 Å². The molecule has 0 aromatic rings. The van der Waals surface area contributed by atoms with Crippen LogP contribution in [0.15, 0.2) is 0 Å². The zero-order chi connectivity index (χ0) is 9.84. The van der Waals surface area contributed by atoms with Crippen LogP contribution in [0, 0.1) is 5.92 Å². The van der Waals surface area contributed by atoms with Crippen LogP contribution < -0.4 is 0 Å². The van der Waals surface area contributed by atoms with Crippen molar-refractivity contribution in [1.82, 2.24) is 4.90 Å². The molecule has 0 saturated carbocycles. The summed E-state index contributed by atoms with van der Waals surface area (Å²) >= 11 is 0. The quantitative estimate of drug-likeness (QED) is 0.725. The van der Waals surface area contributed by atoms with E-state index in [1.807, 2.05) is 0 Å². The molecule has 0 radical (unpaired) electrons. The standard InChI is InChI=1S/C11H23NO/c1-4-11(13)10(3)12-7-5-6-9(2)8-12/h9-11,13H,4-8H2,1-3H3. The van der Waals surface area contributed by atoms with Gasteiger partial charge in [0, 0.05) is 12.6 Å². The molecule has 1 heterocycles. The van der Waals surface area contributed by atoms with Gasteiger partial charge in [0.1, 0.15) is 0 Å². The number of likely N-dealkylation sites (tertiary alicyclic amines) is 1. The topological polar surface area (TPSA) is 23.5 Å². The summed E-state index contributed by atoms with van der Waals surface area (Å²) in [6.07, 6.45) is 3.37. The maximum atomic E-state index is 9.72. The molecule has 1 fully saturated rings. The third-order valence-corrected chi connectivity index (χ3v) is 3.24. The van der Waals surface area contributed by atoms with Gasteiger partial charge in [-0.2, -0.15) is 0 Å². The molecule has 0 aliphatic carbocycles. The van der Waals surface area contributed by atoms with Gasteiger partial charge in [-0.15, -0.1) is 0 Å². The Bertz CT molecular complexity index is 149. The highest BCUT2D eigenvalue weighted by Gasteiger charge is 2.24. The van der Waals surface area contributed by atoms with Gasteiger partial charge < -0.3 is 5.11 Å². The second kappa shape index (κ2) is 4.97. The lowest BCUT2D eigenvalue weighted by molar-refractivity contribution is 0.0342. The third kappa shape index (κ3) is 2.96. The third-order valence-electron chi connectivity index (χ3n) is 3.24. The first-order chi connectivity index (χ1) is 6.15. The number of rotatable bonds is 3. The number of hydrogen-bond acceptors (Lipinski definition) is 2. The molecule has 0 bridgehead atoms. The maximum absolute atomic E-state index is 9.72. The zero-order valence-electron chi connectivity index (χ0n) is 9.16. The minimum atomic E-state index is -0.148. The lowest BCUT2D eigenvalue weighted by Gasteiger charge is -2.37. The van der Waals surface area contributed by atoms with Gasteiger partial charge in [-0.3, -0.25) is 4.90 Å². The molecule has 1 saturated heterocycles. The van der Waals surface area contributed by atoms with Gasteiger partial charge in [0.15, 0.2) is 0 Å². The van der Waals surface area contributed by atoms with Gasteiger partial charge in [0.25, 0.3) is 0 Å². The summed E-state index contributed by atoms with van der Waals surface area (Å²) in [5, 5.41) is 9.72. The van der Waals surface area contributed by atoms with E-state index in [9.17, 15) is 5.11 Å². The first kappa shape index (κ1) is 11.0. The predicted molar refractivity (Wildman–Crippen MR) is 55.7 cm³/mol. The van der Waals surface area contributed by atoms with Crippen LogP contribution in [0.1, 0.15) is 40.0 Å². The molecule has 13 heavy (non-hydrogen) atoms. The van der Waals surface area contributed by atoms with Crippen molar-refractivity contribution in [2.45, 2.75) is 52.2 Å². The highest BCUT2D eigenvalue weighted by atomic mass is 16.3.